The van der Waals surface area contributed by atoms with Gasteiger partial charge in [0, 0.05) is 27.7 Å². The standard InChI is InChI=1S/C12H16BrNSi/c1-14-11-6-5-10(13)7-9(11)8-12(14)15(2,3)4/h5-8H,1-4H3. The molecule has 0 fully saturated rings. The van der Waals surface area contributed by atoms with Gasteiger partial charge < -0.3 is 4.57 Å². The van der Waals surface area contributed by atoms with E-state index >= 15 is 0 Å². The second-order valence-corrected chi connectivity index (χ2v) is 11.0. The largest absolute Gasteiger partial charge is 0.352 e. The predicted molar refractivity (Wildman–Crippen MR) is 73.6 cm³/mol. The molecule has 2 aromatic rings. The van der Waals surface area contributed by atoms with Crippen LogP contribution in [0.5, 0.6) is 0 Å². The van der Waals surface area contributed by atoms with E-state index in [0.717, 1.165) is 4.47 Å². The van der Waals surface area contributed by atoms with Crippen molar-refractivity contribution in [1.29, 1.82) is 0 Å². The minimum absolute atomic E-state index is 1.16. The Morgan fingerprint density at radius 1 is 1.13 bits per heavy atom. The number of fused-ring (bicyclic) bond motifs is 1. The summed E-state index contributed by atoms with van der Waals surface area (Å²) in [5.41, 5.74) is 1.33. The molecule has 2 rings (SSSR count). The van der Waals surface area contributed by atoms with E-state index in [1.54, 1.807) is 0 Å². The average molecular weight is 282 g/mol. The van der Waals surface area contributed by atoms with Gasteiger partial charge in [-0.05, 0) is 24.3 Å². The summed E-state index contributed by atoms with van der Waals surface area (Å²) in [6.45, 7) is 7.16. The topological polar surface area (TPSA) is 4.93 Å². The number of rotatable bonds is 1. The second kappa shape index (κ2) is 3.49. The van der Waals surface area contributed by atoms with Crippen molar-refractivity contribution in [2.24, 2.45) is 7.05 Å². The Labute approximate surface area is 100 Å². The Bertz CT molecular complexity index is 508. The lowest BCUT2D eigenvalue weighted by Crippen LogP contribution is -2.41. The van der Waals surface area contributed by atoms with Crippen molar-refractivity contribution in [3.63, 3.8) is 0 Å². The third-order valence-electron chi connectivity index (χ3n) is 2.77. The Hall–Kier alpha value is -0.543. The highest BCUT2D eigenvalue weighted by Crippen LogP contribution is 2.20. The molecule has 0 saturated carbocycles. The maximum Gasteiger partial charge on any atom is 0.0984 e. The molecule has 1 heterocycles. The van der Waals surface area contributed by atoms with Crippen LogP contribution < -0.4 is 5.32 Å². The Morgan fingerprint density at radius 2 is 1.80 bits per heavy atom. The average Bonchev–Trinajstić information content (AvgIpc) is 2.42. The van der Waals surface area contributed by atoms with E-state index in [9.17, 15) is 0 Å². The van der Waals surface area contributed by atoms with Crippen LogP contribution in [0.2, 0.25) is 19.6 Å². The molecule has 0 spiro atoms. The van der Waals surface area contributed by atoms with Crippen LogP contribution in [0.15, 0.2) is 28.7 Å². The summed E-state index contributed by atoms with van der Waals surface area (Å²) in [7, 11) is 0.940. The van der Waals surface area contributed by atoms with Crippen LogP contribution in [0.3, 0.4) is 0 Å². The molecular weight excluding hydrogens is 266 g/mol. The van der Waals surface area contributed by atoms with Gasteiger partial charge in [-0.25, -0.2) is 0 Å². The summed E-state index contributed by atoms with van der Waals surface area (Å²) in [6, 6.07) is 8.82. The van der Waals surface area contributed by atoms with Crippen molar-refractivity contribution in [2.45, 2.75) is 19.6 Å². The van der Waals surface area contributed by atoms with E-state index in [0.29, 0.717) is 0 Å². The van der Waals surface area contributed by atoms with Gasteiger partial charge in [0.25, 0.3) is 0 Å². The lowest BCUT2D eigenvalue weighted by molar-refractivity contribution is 0.995. The highest BCUT2D eigenvalue weighted by molar-refractivity contribution is 9.10. The number of aromatic nitrogens is 1. The minimum Gasteiger partial charge on any atom is -0.352 e. The molecule has 15 heavy (non-hydrogen) atoms. The van der Waals surface area contributed by atoms with Gasteiger partial charge in [-0.2, -0.15) is 0 Å². The van der Waals surface area contributed by atoms with Crippen molar-refractivity contribution in [3.8, 4) is 0 Å². The van der Waals surface area contributed by atoms with E-state index in [1.165, 1.54) is 16.2 Å². The predicted octanol–water partition coefficient (Wildman–Crippen LogP) is 3.49. The van der Waals surface area contributed by atoms with Crippen LogP contribution in [0.25, 0.3) is 10.9 Å². The number of halogens is 1. The molecule has 0 amide bonds. The molecule has 0 aliphatic rings. The molecule has 80 valence electrons. The lowest BCUT2D eigenvalue weighted by Gasteiger charge is -2.17. The molecule has 0 atom stereocenters. The number of hydrogen-bond acceptors (Lipinski definition) is 0. The van der Waals surface area contributed by atoms with Crippen molar-refractivity contribution in [2.75, 3.05) is 0 Å². The quantitative estimate of drug-likeness (QED) is 0.706. The molecule has 1 nitrogen and oxygen atoms in total. The number of benzene rings is 1. The molecular formula is C12H16BrNSi. The molecule has 0 aliphatic carbocycles. The molecule has 0 radical (unpaired) electrons. The van der Waals surface area contributed by atoms with Gasteiger partial charge in [-0.3, -0.25) is 0 Å². The zero-order valence-corrected chi connectivity index (χ0v) is 12.2. The third-order valence-corrected chi connectivity index (χ3v) is 5.28. The third kappa shape index (κ3) is 1.90. The summed E-state index contributed by atoms with van der Waals surface area (Å²) in [4.78, 5) is 0. The first-order valence-electron chi connectivity index (χ1n) is 5.15. The molecule has 0 saturated heterocycles. The van der Waals surface area contributed by atoms with E-state index in [1.807, 2.05) is 0 Å². The van der Waals surface area contributed by atoms with Gasteiger partial charge in [-0.15, -0.1) is 0 Å². The fourth-order valence-electron chi connectivity index (χ4n) is 2.04. The molecule has 0 bridgehead atoms. The van der Waals surface area contributed by atoms with Gasteiger partial charge in [0.2, 0.25) is 0 Å². The van der Waals surface area contributed by atoms with Crippen LogP contribution >= 0.6 is 15.9 Å². The lowest BCUT2D eigenvalue weighted by atomic mass is 10.2. The number of nitrogens with zero attached hydrogens (tertiary/aromatic N) is 1. The minimum atomic E-state index is -1.23. The van der Waals surface area contributed by atoms with Gasteiger partial charge >= 0.3 is 0 Å². The maximum absolute atomic E-state index is 3.52. The Balaban J connectivity index is 2.75. The van der Waals surface area contributed by atoms with Gasteiger partial charge in [0.05, 0.1) is 8.07 Å². The number of hydrogen-bond donors (Lipinski definition) is 0. The zero-order chi connectivity index (χ0) is 11.2. The molecule has 3 heteroatoms. The van der Waals surface area contributed by atoms with Gasteiger partial charge in [-0.1, -0.05) is 35.6 Å². The van der Waals surface area contributed by atoms with Crippen LogP contribution in [-0.2, 0) is 7.05 Å². The summed E-state index contributed by atoms with van der Waals surface area (Å²) in [6.07, 6.45) is 0. The highest BCUT2D eigenvalue weighted by atomic mass is 79.9. The van der Waals surface area contributed by atoms with Crippen LogP contribution in [0.1, 0.15) is 0 Å². The molecule has 0 N–H and O–H groups in total. The monoisotopic (exact) mass is 281 g/mol. The van der Waals surface area contributed by atoms with E-state index in [2.05, 4.69) is 71.5 Å². The highest BCUT2D eigenvalue weighted by Gasteiger charge is 2.21. The first kappa shape index (κ1) is 11.0. The smallest absolute Gasteiger partial charge is 0.0984 e. The van der Waals surface area contributed by atoms with E-state index in [4.69, 9.17) is 0 Å². The first-order valence-corrected chi connectivity index (χ1v) is 9.44. The summed E-state index contributed by atoms with van der Waals surface area (Å²) in [5, 5.41) is 2.85. The molecule has 0 unspecified atom stereocenters. The van der Waals surface area contributed by atoms with Crippen LogP contribution in [-0.4, -0.2) is 12.6 Å². The SMILES string of the molecule is Cn1c([Si](C)(C)C)cc2cc(Br)ccc21. The van der Waals surface area contributed by atoms with Gasteiger partial charge in [0.1, 0.15) is 0 Å². The van der Waals surface area contributed by atoms with Gasteiger partial charge in [0.15, 0.2) is 0 Å². The van der Waals surface area contributed by atoms with Crippen molar-refractivity contribution in [1.82, 2.24) is 4.57 Å². The fraction of sp³-hybridized carbons (Fsp3) is 0.333. The molecule has 1 aromatic heterocycles. The zero-order valence-electron chi connectivity index (χ0n) is 9.63. The summed E-state index contributed by atoms with van der Waals surface area (Å²) < 4.78 is 3.50. The normalized spacial score (nSPS) is 12.3. The summed E-state index contributed by atoms with van der Waals surface area (Å²) in [5.74, 6) is 0. The molecule has 0 aliphatic heterocycles. The van der Waals surface area contributed by atoms with Crippen LogP contribution in [0, 0.1) is 0 Å². The van der Waals surface area contributed by atoms with Crippen LogP contribution in [0.4, 0.5) is 0 Å². The van der Waals surface area contributed by atoms with E-state index in [-0.39, 0.29) is 0 Å². The Kier molecular flexibility index (Phi) is 2.55. The van der Waals surface area contributed by atoms with E-state index < -0.39 is 8.07 Å². The van der Waals surface area contributed by atoms with Crippen molar-refractivity contribution >= 4 is 40.2 Å². The Morgan fingerprint density at radius 3 is 2.40 bits per heavy atom. The maximum atomic E-state index is 3.52. The first-order chi connectivity index (χ1) is 6.89. The summed E-state index contributed by atoms with van der Waals surface area (Å²) >= 11 is 3.52. The fourth-order valence-corrected chi connectivity index (χ4v) is 4.13. The molecule has 1 aromatic carbocycles. The number of aryl methyl sites for hydroxylation is 1. The van der Waals surface area contributed by atoms with Crippen molar-refractivity contribution < 1.29 is 0 Å². The van der Waals surface area contributed by atoms with Crippen molar-refractivity contribution in [3.05, 3.63) is 28.7 Å². The second-order valence-electron chi connectivity index (χ2n) is 5.04.